The molecule has 0 aliphatic carbocycles. The molecule has 0 fully saturated rings. The third-order valence-corrected chi connectivity index (χ3v) is 2.25. The van der Waals surface area contributed by atoms with Crippen LogP contribution in [0.15, 0.2) is 41.3 Å². The Bertz CT molecular complexity index is 590. The van der Waals surface area contributed by atoms with Crippen LogP contribution in [-0.4, -0.2) is 23.0 Å². The highest BCUT2D eigenvalue weighted by Crippen LogP contribution is 2.11. The second-order valence-corrected chi connectivity index (χ2v) is 3.33. The molecule has 2 aromatic rings. The first-order valence-corrected chi connectivity index (χ1v) is 4.95. The molecule has 5 heteroatoms. The molecule has 5 nitrogen and oxygen atoms in total. The van der Waals surface area contributed by atoms with Gasteiger partial charge in [-0.3, -0.25) is 4.79 Å². The lowest BCUT2D eigenvalue weighted by Gasteiger charge is -2.01. The molecule has 0 aliphatic rings. The average molecular weight is 230 g/mol. The smallest absolute Gasteiger partial charge is 0.345 e. The van der Waals surface area contributed by atoms with E-state index in [0.717, 1.165) is 5.56 Å². The summed E-state index contributed by atoms with van der Waals surface area (Å²) >= 11 is 0. The molecule has 1 aromatic heterocycles. The van der Waals surface area contributed by atoms with Crippen LogP contribution in [0, 0.1) is 0 Å². The Morgan fingerprint density at radius 2 is 2.00 bits per heavy atom. The van der Waals surface area contributed by atoms with Crippen LogP contribution < -0.4 is 5.56 Å². The molecule has 2 rings (SSSR count). The van der Waals surface area contributed by atoms with Crippen molar-refractivity contribution < 1.29 is 9.53 Å². The fraction of sp³-hybridized carbons (Fsp3) is 0.0833. The van der Waals surface area contributed by atoms with E-state index in [1.165, 1.54) is 13.3 Å². The molecule has 86 valence electrons. The van der Waals surface area contributed by atoms with Gasteiger partial charge in [0, 0.05) is 11.8 Å². The van der Waals surface area contributed by atoms with Crippen molar-refractivity contribution in [2.75, 3.05) is 7.11 Å². The van der Waals surface area contributed by atoms with E-state index in [9.17, 15) is 9.59 Å². The molecular weight excluding hydrogens is 220 g/mol. The zero-order valence-electron chi connectivity index (χ0n) is 9.14. The highest BCUT2D eigenvalue weighted by molar-refractivity contribution is 5.88. The van der Waals surface area contributed by atoms with Gasteiger partial charge in [-0.05, 0) is 0 Å². The molecule has 0 radical (unpaired) electrons. The number of esters is 1. The van der Waals surface area contributed by atoms with E-state index in [1.54, 1.807) is 0 Å². The van der Waals surface area contributed by atoms with Gasteiger partial charge in [0.2, 0.25) is 0 Å². The van der Waals surface area contributed by atoms with Gasteiger partial charge in [-0.1, -0.05) is 30.3 Å². The molecule has 0 aliphatic heterocycles. The Morgan fingerprint density at radius 3 is 2.59 bits per heavy atom. The molecule has 1 heterocycles. The minimum Gasteiger partial charge on any atom is -0.465 e. The van der Waals surface area contributed by atoms with Gasteiger partial charge >= 0.3 is 5.97 Å². The van der Waals surface area contributed by atoms with Crippen molar-refractivity contribution in [2.45, 2.75) is 0 Å². The van der Waals surface area contributed by atoms with Crippen molar-refractivity contribution in [3.63, 3.8) is 0 Å². The van der Waals surface area contributed by atoms with Crippen LogP contribution in [0.5, 0.6) is 0 Å². The van der Waals surface area contributed by atoms with Gasteiger partial charge in [0.15, 0.2) is 0 Å². The first kappa shape index (κ1) is 11.1. The summed E-state index contributed by atoms with van der Waals surface area (Å²) in [6.45, 7) is 0. The zero-order valence-corrected chi connectivity index (χ0v) is 9.14. The van der Waals surface area contributed by atoms with Crippen LogP contribution in [-0.2, 0) is 4.74 Å². The molecule has 0 unspecified atom stereocenters. The third kappa shape index (κ3) is 2.23. The number of hydrogen-bond acceptors (Lipinski definition) is 4. The topological polar surface area (TPSA) is 72.0 Å². The number of benzene rings is 1. The Balaban J connectivity index is 2.45. The third-order valence-electron chi connectivity index (χ3n) is 2.25. The molecule has 0 saturated carbocycles. The molecule has 17 heavy (non-hydrogen) atoms. The first-order valence-electron chi connectivity index (χ1n) is 4.95. The van der Waals surface area contributed by atoms with Gasteiger partial charge in [-0.2, -0.15) is 0 Å². The van der Waals surface area contributed by atoms with Gasteiger partial charge in [-0.25, -0.2) is 9.78 Å². The van der Waals surface area contributed by atoms with E-state index in [-0.39, 0.29) is 5.56 Å². The van der Waals surface area contributed by atoms with E-state index >= 15 is 0 Å². The van der Waals surface area contributed by atoms with Crippen molar-refractivity contribution in [3.8, 4) is 11.4 Å². The number of hydrogen-bond donors (Lipinski definition) is 1. The maximum Gasteiger partial charge on any atom is 0.345 e. The predicted molar refractivity (Wildman–Crippen MR) is 61.6 cm³/mol. The quantitative estimate of drug-likeness (QED) is 0.787. The normalized spacial score (nSPS) is 9.94. The number of aromatic amines is 1. The van der Waals surface area contributed by atoms with Crippen molar-refractivity contribution >= 4 is 5.97 Å². The van der Waals surface area contributed by atoms with E-state index in [0.29, 0.717) is 5.82 Å². The molecule has 0 amide bonds. The number of aromatic nitrogens is 2. The van der Waals surface area contributed by atoms with Crippen LogP contribution in [0.4, 0.5) is 0 Å². The lowest BCUT2D eigenvalue weighted by Crippen LogP contribution is -2.20. The van der Waals surface area contributed by atoms with Crippen molar-refractivity contribution in [1.82, 2.24) is 9.97 Å². The van der Waals surface area contributed by atoms with Gasteiger partial charge in [0.05, 0.1) is 7.11 Å². The van der Waals surface area contributed by atoms with Crippen LogP contribution >= 0.6 is 0 Å². The Kier molecular flexibility index (Phi) is 3.00. The van der Waals surface area contributed by atoms with E-state index in [2.05, 4.69) is 14.7 Å². The summed E-state index contributed by atoms with van der Waals surface area (Å²) in [7, 11) is 1.22. The van der Waals surface area contributed by atoms with Crippen LogP contribution in [0.2, 0.25) is 0 Å². The highest BCUT2D eigenvalue weighted by Gasteiger charge is 2.12. The SMILES string of the molecule is COC(=O)c1cnc(-c2ccccc2)[nH]c1=O. The second kappa shape index (κ2) is 4.61. The van der Waals surface area contributed by atoms with Gasteiger partial charge in [0.1, 0.15) is 11.4 Å². The molecule has 0 atom stereocenters. The van der Waals surface area contributed by atoms with Crippen molar-refractivity contribution in [3.05, 3.63) is 52.4 Å². The van der Waals surface area contributed by atoms with Crippen molar-refractivity contribution in [2.24, 2.45) is 0 Å². The standard InChI is InChI=1S/C12H10N2O3/c1-17-12(16)9-7-13-10(14-11(9)15)8-5-3-2-4-6-8/h2-7H,1H3,(H,13,14,15). The number of nitrogens with one attached hydrogen (secondary N) is 1. The summed E-state index contributed by atoms with van der Waals surface area (Å²) in [5, 5.41) is 0. The molecule has 1 aromatic carbocycles. The number of carbonyl (C=O) groups excluding carboxylic acids is 1. The lowest BCUT2D eigenvalue weighted by molar-refractivity contribution is 0.0598. The zero-order chi connectivity index (χ0) is 12.3. The molecule has 1 N–H and O–H groups in total. The number of carbonyl (C=O) groups is 1. The van der Waals surface area contributed by atoms with Gasteiger partial charge in [-0.15, -0.1) is 0 Å². The van der Waals surface area contributed by atoms with Crippen molar-refractivity contribution in [1.29, 1.82) is 0 Å². The van der Waals surface area contributed by atoms with E-state index < -0.39 is 11.5 Å². The minimum atomic E-state index is -0.696. The second-order valence-electron chi connectivity index (χ2n) is 3.33. The summed E-state index contributed by atoms with van der Waals surface area (Å²) in [6.07, 6.45) is 1.22. The summed E-state index contributed by atoms with van der Waals surface area (Å²) in [5.74, 6) is -0.276. The Morgan fingerprint density at radius 1 is 1.29 bits per heavy atom. The molecule has 0 spiro atoms. The maximum absolute atomic E-state index is 11.6. The van der Waals surface area contributed by atoms with Gasteiger partial charge < -0.3 is 9.72 Å². The van der Waals surface area contributed by atoms with E-state index in [4.69, 9.17) is 0 Å². The van der Waals surface area contributed by atoms with Crippen LogP contribution in [0.1, 0.15) is 10.4 Å². The first-order chi connectivity index (χ1) is 8.22. The summed E-state index contributed by atoms with van der Waals surface area (Å²) in [5.41, 5.74) is 0.166. The molecule has 0 saturated heterocycles. The van der Waals surface area contributed by atoms with Crippen LogP contribution in [0.25, 0.3) is 11.4 Å². The number of rotatable bonds is 2. The summed E-state index contributed by atoms with van der Waals surface area (Å²) in [4.78, 5) is 29.4. The summed E-state index contributed by atoms with van der Waals surface area (Å²) in [6, 6.07) is 9.17. The number of nitrogens with zero attached hydrogens (tertiary/aromatic N) is 1. The molecule has 0 bridgehead atoms. The highest BCUT2D eigenvalue weighted by atomic mass is 16.5. The maximum atomic E-state index is 11.6. The average Bonchev–Trinajstić information content (AvgIpc) is 2.39. The Labute approximate surface area is 97.1 Å². The predicted octanol–water partition coefficient (Wildman–Crippen LogP) is 1.22. The summed E-state index contributed by atoms with van der Waals surface area (Å²) < 4.78 is 4.46. The monoisotopic (exact) mass is 230 g/mol. The van der Waals surface area contributed by atoms with Gasteiger partial charge in [0.25, 0.3) is 5.56 Å². The fourth-order valence-corrected chi connectivity index (χ4v) is 1.39. The van der Waals surface area contributed by atoms with Crippen LogP contribution in [0.3, 0.4) is 0 Å². The number of methoxy groups -OCH3 is 1. The lowest BCUT2D eigenvalue weighted by atomic mass is 10.2. The van der Waals surface area contributed by atoms with E-state index in [1.807, 2.05) is 30.3 Å². The minimum absolute atomic E-state index is 0.104. The number of ether oxygens (including phenoxy) is 1. The fourth-order valence-electron chi connectivity index (χ4n) is 1.39. The number of H-pyrrole nitrogens is 1. The molecular formula is C12H10N2O3. The Hall–Kier alpha value is -2.43. The largest absolute Gasteiger partial charge is 0.465 e.